The predicted octanol–water partition coefficient (Wildman–Crippen LogP) is 6.21. The first-order chi connectivity index (χ1) is 10.7. The molecule has 0 atom stereocenters. The summed E-state index contributed by atoms with van der Waals surface area (Å²) < 4.78 is 0. The molecule has 0 heterocycles. The zero-order valence-electron chi connectivity index (χ0n) is 13.9. The van der Waals surface area contributed by atoms with Crippen LogP contribution in [0.3, 0.4) is 0 Å². The number of anilines is 3. The zero-order chi connectivity index (χ0) is 15.5. The van der Waals surface area contributed by atoms with Gasteiger partial charge in [0.15, 0.2) is 0 Å². The Morgan fingerprint density at radius 2 is 1.42 bits per heavy atom. The van der Waals surface area contributed by atoms with Crippen molar-refractivity contribution in [3.05, 3.63) is 60.7 Å². The molecule has 0 aliphatic heterocycles. The molecule has 0 aliphatic rings. The van der Waals surface area contributed by atoms with Crippen LogP contribution in [-0.4, -0.2) is 20.4 Å². The molecule has 0 radical (unpaired) electrons. The van der Waals surface area contributed by atoms with Crippen molar-refractivity contribution in [1.29, 1.82) is 0 Å². The van der Waals surface area contributed by atoms with Crippen molar-refractivity contribution in [2.24, 2.45) is 0 Å². The Labute approximate surface area is 160 Å². The summed E-state index contributed by atoms with van der Waals surface area (Å²) in [5.74, 6) is 0. The number of fused-ring (bicyclic) bond motifs is 1. The fourth-order valence-corrected chi connectivity index (χ4v) is 3.02. The van der Waals surface area contributed by atoms with E-state index in [-0.39, 0.29) is 24.8 Å². The van der Waals surface area contributed by atoms with Crippen LogP contribution in [0.1, 0.15) is 0 Å². The van der Waals surface area contributed by atoms with Gasteiger partial charge in [-0.15, -0.1) is 36.6 Å². The second kappa shape index (κ2) is 9.07. The number of hydrogen-bond donors (Lipinski definition) is 1. The summed E-state index contributed by atoms with van der Waals surface area (Å²) in [5.41, 5.74) is 3.48. The maximum absolute atomic E-state index is 3.54. The van der Waals surface area contributed by atoms with Gasteiger partial charge in [-0.2, -0.15) is 0 Å². The van der Waals surface area contributed by atoms with E-state index in [0.29, 0.717) is 0 Å². The van der Waals surface area contributed by atoms with Crippen LogP contribution in [0.25, 0.3) is 10.8 Å². The molecule has 0 saturated heterocycles. The molecule has 3 aromatic rings. The van der Waals surface area contributed by atoms with Crippen LogP contribution in [0.2, 0.25) is 0 Å². The number of benzene rings is 3. The van der Waals surface area contributed by atoms with Gasteiger partial charge in [0.2, 0.25) is 0 Å². The highest BCUT2D eigenvalue weighted by molar-refractivity contribution is 7.98. The molecule has 0 aliphatic carbocycles. The molecule has 128 valence electrons. The standard InChI is InChI=1S/C19H20N2S.2ClH/c1-21(2)19-13-12-18(16-6-4-5-7-17(16)19)20-14-8-10-15(22-3)11-9-14;;/h4-13,20H,1-3H3;2*1H. The first kappa shape index (κ1) is 20.5. The molecule has 0 fully saturated rings. The molecular weight excluding hydrogens is 359 g/mol. The van der Waals surface area contributed by atoms with Gasteiger partial charge in [0.25, 0.3) is 0 Å². The predicted molar refractivity (Wildman–Crippen MR) is 114 cm³/mol. The van der Waals surface area contributed by atoms with Gasteiger partial charge in [-0.3, -0.25) is 0 Å². The molecule has 0 aromatic heterocycles. The lowest BCUT2D eigenvalue weighted by atomic mass is 10.1. The minimum atomic E-state index is 0. The number of halogens is 2. The Kier molecular flexibility index (Phi) is 7.74. The summed E-state index contributed by atoms with van der Waals surface area (Å²) in [6, 6.07) is 21.4. The summed E-state index contributed by atoms with van der Waals surface area (Å²) in [5, 5.41) is 6.04. The van der Waals surface area contributed by atoms with Crippen molar-refractivity contribution in [3.8, 4) is 0 Å². The SMILES string of the molecule is CSc1ccc(Nc2ccc(N(C)C)c3ccccc23)cc1.Cl.Cl. The van der Waals surface area contributed by atoms with Crippen molar-refractivity contribution >= 4 is 64.4 Å². The minimum Gasteiger partial charge on any atom is -0.377 e. The van der Waals surface area contributed by atoms with E-state index in [1.807, 2.05) is 0 Å². The second-order valence-electron chi connectivity index (χ2n) is 5.43. The number of nitrogens with one attached hydrogen (secondary N) is 1. The lowest BCUT2D eigenvalue weighted by Crippen LogP contribution is -2.09. The van der Waals surface area contributed by atoms with Crippen molar-refractivity contribution in [1.82, 2.24) is 0 Å². The van der Waals surface area contributed by atoms with Crippen LogP contribution in [0.4, 0.5) is 17.1 Å². The lowest BCUT2D eigenvalue weighted by molar-refractivity contribution is 1.14. The summed E-state index contributed by atoms with van der Waals surface area (Å²) in [6.45, 7) is 0. The van der Waals surface area contributed by atoms with E-state index in [1.54, 1.807) is 11.8 Å². The van der Waals surface area contributed by atoms with Crippen LogP contribution < -0.4 is 10.2 Å². The van der Waals surface area contributed by atoms with Gasteiger partial charge in [0.05, 0.1) is 0 Å². The first-order valence-electron chi connectivity index (χ1n) is 7.29. The van der Waals surface area contributed by atoms with Crippen LogP contribution in [0.15, 0.2) is 65.6 Å². The highest BCUT2D eigenvalue weighted by atomic mass is 35.5. The van der Waals surface area contributed by atoms with E-state index in [0.717, 1.165) is 11.4 Å². The van der Waals surface area contributed by atoms with Gasteiger partial charge in [-0.1, -0.05) is 24.3 Å². The smallest absolute Gasteiger partial charge is 0.0465 e. The van der Waals surface area contributed by atoms with Crippen LogP contribution in [0, 0.1) is 0 Å². The van der Waals surface area contributed by atoms with E-state index in [2.05, 4.69) is 91.2 Å². The van der Waals surface area contributed by atoms with Crippen molar-refractivity contribution < 1.29 is 0 Å². The quantitative estimate of drug-likeness (QED) is 0.541. The summed E-state index contributed by atoms with van der Waals surface area (Å²) in [4.78, 5) is 3.43. The topological polar surface area (TPSA) is 15.3 Å². The lowest BCUT2D eigenvalue weighted by Gasteiger charge is -2.18. The van der Waals surface area contributed by atoms with Crippen molar-refractivity contribution in [2.75, 3.05) is 30.6 Å². The third-order valence-electron chi connectivity index (χ3n) is 3.75. The molecule has 0 unspecified atom stereocenters. The van der Waals surface area contributed by atoms with Crippen LogP contribution >= 0.6 is 36.6 Å². The van der Waals surface area contributed by atoms with Gasteiger partial charge in [-0.25, -0.2) is 0 Å². The van der Waals surface area contributed by atoms with Gasteiger partial charge < -0.3 is 10.2 Å². The summed E-state index contributed by atoms with van der Waals surface area (Å²) in [7, 11) is 4.16. The molecule has 3 rings (SSSR count). The third-order valence-corrected chi connectivity index (χ3v) is 4.50. The molecule has 1 N–H and O–H groups in total. The van der Waals surface area contributed by atoms with Crippen molar-refractivity contribution in [3.63, 3.8) is 0 Å². The van der Waals surface area contributed by atoms with Crippen LogP contribution in [-0.2, 0) is 0 Å². The van der Waals surface area contributed by atoms with E-state index in [9.17, 15) is 0 Å². The number of hydrogen-bond acceptors (Lipinski definition) is 3. The van der Waals surface area contributed by atoms with Crippen LogP contribution in [0.5, 0.6) is 0 Å². The Balaban J connectivity index is 0.00000144. The summed E-state index contributed by atoms with van der Waals surface area (Å²) in [6.07, 6.45) is 2.09. The molecule has 24 heavy (non-hydrogen) atoms. The number of thioether (sulfide) groups is 1. The largest absolute Gasteiger partial charge is 0.377 e. The molecule has 0 saturated carbocycles. The Morgan fingerprint density at radius 1 is 0.792 bits per heavy atom. The van der Waals surface area contributed by atoms with Crippen molar-refractivity contribution in [2.45, 2.75) is 4.90 Å². The van der Waals surface area contributed by atoms with E-state index < -0.39 is 0 Å². The second-order valence-corrected chi connectivity index (χ2v) is 6.31. The minimum absolute atomic E-state index is 0. The molecule has 5 heteroatoms. The van der Waals surface area contributed by atoms with Gasteiger partial charge >= 0.3 is 0 Å². The Hall–Kier alpha value is -1.55. The molecule has 0 bridgehead atoms. The zero-order valence-corrected chi connectivity index (χ0v) is 16.4. The maximum atomic E-state index is 3.54. The summed E-state index contributed by atoms with van der Waals surface area (Å²) >= 11 is 1.76. The Bertz CT molecular complexity index is 789. The molecule has 0 spiro atoms. The average molecular weight is 381 g/mol. The van der Waals surface area contributed by atoms with Gasteiger partial charge in [0.1, 0.15) is 0 Å². The maximum Gasteiger partial charge on any atom is 0.0465 e. The molecule has 3 aromatic carbocycles. The fourth-order valence-electron chi connectivity index (χ4n) is 2.61. The molecule has 0 amide bonds. The highest BCUT2D eigenvalue weighted by Crippen LogP contribution is 2.33. The van der Waals surface area contributed by atoms with E-state index >= 15 is 0 Å². The first-order valence-corrected chi connectivity index (χ1v) is 8.51. The monoisotopic (exact) mass is 380 g/mol. The number of nitrogens with zero attached hydrogens (tertiary/aromatic N) is 1. The normalized spacial score (nSPS) is 9.79. The van der Waals surface area contributed by atoms with Gasteiger partial charge in [-0.05, 0) is 42.7 Å². The van der Waals surface area contributed by atoms with Gasteiger partial charge in [0, 0.05) is 46.8 Å². The number of rotatable bonds is 4. The van der Waals surface area contributed by atoms with E-state index in [1.165, 1.54) is 21.4 Å². The Morgan fingerprint density at radius 3 is 2.00 bits per heavy atom. The fraction of sp³-hybridized carbons (Fsp3) is 0.158. The highest BCUT2D eigenvalue weighted by Gasteiger charge is 2.07. The third kappa shape index (κ3) is 4.29. The van der Waals surface area contributed by atoms with E-state index in [4.69, 9.17) is 0 Å². The average Bonchev–Trinajstić information content (AvgIpc) is 2.55. The molecule has 2 nitrogen and oxygen atoms in total. The molecular formula is C19H22Cl2N2S.